The number of anilines is 2. The molecule has 0 saturated carbocycles. The first-order valence-corrected chi connectivity index (χ1v) is 9.28. The van der Waals surface area contributed by atoms with Crippen molar-refractivity contribution < 1.29 is 9.21 Å². The van der Waals surface area contributed by atoms with Gasteiger partial charge in [0.15, 0.2) is 5.58 Å². The van der Waals surface area contributed by atoms with Crippen LogP contribution in [0.25, 0.3) is 11.1 Å². The molecule has 4 rings (SSSR count). The lowest BCUT2D eigenvalue weighted by Crippen LogP contribution is -2.38. The molecule has 0 aliphatic carbocycles. The number of carbonyl (C=O) groups is 1. The van der Waals surface area contributed by atoms with Crippen molar-refractivity contribution in [2.75, 3.05) is 23.3 Å². The fraction of sp³-hybridized carbons (Fsp3) is 0.412. The zero-order valence-corrected chi connectivity index (χ0v) is 14.8. The molecule has 1 aromatic carbocycles. The summed E-state index contributed by atoms with van der Waals surface area (Å²) in [4.78, 5) is 19.0. The van der Waals surface area contributed by atoms with Crippen molar-refractivity contribution >= 4 is 39.5 Å². The Kier molecular flexibility index (Phi) is 4.35. The number of fused-ring (bicyclic) bond motifs is 1. The molecule has 130 valence electrons. The zero-order chi connectivity index (χ0) is 17.2. The summed E-state index contributed by atoms with van der Waals surface area (Å²) in [6.07, 6.45) is 2.37. The number of rotatable bonds is 4. The van der Waals surface area contributed by atoms with Gasteiger partial charge in [-0.2, -0.15) is 4.98 Å². The van der Waals surface area contributed by atoms with E-state index in [4.69, 9.17) is 4.42 Å². The summed E-state index contributed by atoms with van der Waals surface area (Å²) < 4.78 is 5.81. The predicted octanol–water partition coefficient (Wildman–Crippen LogP) is 3.10. The van der Waals surface area contributed by atoms with E-state index in [-0.39, 0.29) is 11.8 Å². The van der Waals surface area contributed by atoms with E-state index in [1.54, 1.807) is 0 Å². The van der Waals surface area contributed by atoms with Gasteiger partial charge < -0.3 is 14.6 Å². The molecule has 0 spiro atoms. The number of nitrogens with zero attached hydrogens (tertiary/aromatic N) is 4. The maximum absolute atomic E-state index is 12.4. The van der Waals surface area contributed by atoms with Crippen molar-refractivity contribution in [1.29, 1.82) is 0 Å². The molecular weight excluding hydrogens is 338 g/mol. The van der Waals surface area contributed by atoms with Crippen LogP contribution in [0.2, 0.25) is 0 Å². The van der Waals surface area contributed by atoms with E-state index >= 15 is 0 Å². The lowest BCUT2D eigenvalue weighted by atomic mass is 9.96. The molecule has 0 atom stereocenters. The van der Waals surface area contributed by atoms with Gasteiger partial charge in [-0.3, -0.25) is 4.79 Å². The van der Waals surface area contributed by atoms with Gasteiger partial charge in [0, 0.05) is 19.0 Å². The third-order valence-corrected chi connectivity index (χ3v) is 5.40. The minimum absolute atomic E-state index is 0.0189. The van der Waals surface area contributed by atoms with E-state index in [0.29, 0.717) is 11.1 Å². The molecule has 3 aromatic rings. The first-order chi connectivity index (χ1) is 12.2. The lowest BCUT2D eigenvalue weighted by molar-refractivity contribution is -0.120. The van der Waals surface area contributed by atoms with Crippen LogP contribution in [0.4, 0.5) is 11.1 Å². The van der Waals surface area contributed by atoms with Crippen LogP contribution in [0.15, 0.2) is 28.7 Å². The molecule has 1 aliphatic rings. The Balaban J connectivity index is 1.36. The van der Waals surface area contributed by atoms with E-state index in [0.717, 1.165) is 48.5 Å². The highest BCUT2D eigenvalue weighted by Gasteiger charge is 2.27. The van der Waals surface area contributed by atoms with Crippen LogP contribution in [0.5, 0.6) is 0 Å². The molecule has 1 aliphatic heterocycles. The minimum atomic E-state index is -0.0189. The second-order valence-corrected chi connectivity index (χ2v) is 7.13. The number of carbonyl (C=O) groups excluding carboxylic acids is 1. The summed E-state index contributed by atoms with van der Waals surface area (Å²) in [7, 11) is 0. The van der Waals surface area contributed by atoms with Gasteiger partial charge in [0.2, 0.25) is 11.0 Å². The molecule has 1 amide bonds. The molecule has 7 nitrogen and oxygen atoms in total. The van der Waals surface area contributed by atoms with Crippen LogP contribution < -0.4 is 10.2 Å². The van der Waals surface area contributed by atoms with Crippen molar-refractivity contribution in [3.05, 3.63) is 29.3 Å². The molecule has 1 saturated heterocycles. The van der Waals surface area contributed by atoms with Crippen molar-refractivity contribution in [3.63, 3.8) is 0 Å². The Morgan fingerprint density at radius 3 is 2.84 bits per heavy atom. The number of hydrogen-bond acceptors (Lipinski definition) is 7. The number of piperidine rings is 1. The molecule has 8 heteroatoms. The second kappa shape index (κ2) is 6.79. The minimum Gasteiger partial charge on any atom is -0.423 e. The maximum Gasteiger partial charge on any atom is 0.298 e. The second-order valence-electron chi connectivity index (χ2n) is 6.07. The normalized spacial score (nSPS) is 15.6. The lowest BCUT2D eigenvalue weighted by Gasteiger charge is -2.29. The number of nitrogens with one attached hydrogen (secondary N) is 1. The summed E-state index contributed by atoms with van der Waals surface area (Å²) in [6.45, 7) is 3.52. The van der Waals surface area contributed by atoms with E-state index in [1.807, 2.05) is 31.2 Å². The molecule has 0 bridgehead atoms. The quantitative estimate of drug-likeness (QED) is 0.772. The third kappa shape index (κ3) is 3.34. The van der Waals surface area contributed by atoms with Crippen molar-refractivity contribution in [1.82, 2.24) is 15.2 Å². The highest BCUT2D eigenvalue weighted by molar-refractivity contribution is 7.15. The predicted molar refractivity (Wildman–Crippen MR) is 96.9 cm³/mol. The van der Waals surface area contributed by atoms with Crippen molar-refractivity contribution in [2.45, 2.75) is 26.2 Å². The van der Waals surface area contributed by atoms with Gasteiger partial charge in [0.25, 0.3) is 6.01 Å². The van der Waals surface area contributed by atoms with Crippen LogP contribution in [-0.4, -0.2) is 34.2 Å². The summed E-state index contributed by atoms with van der Waals surface area (Å²) >= 11 is 1.44. The van der Waals surface area contributed by atoms with Gasteiger partial charge in [0.1, 0.15) is 10.5 Å². The third-order valence-electron chi connectivity index (χ3n) is 4.42. The standard InChI is InChI=1S/C17H19N5O2S/c1-2-14-20-21-16(25-14)19-15(23)11-7-9-22(10-8-11)17-18-12-5-3-4-6-13(12)24-17/h3-6,11H,2,7-10H2,1H3,(H,19,21,23). The van der Waals surface area contributed by atoms with Crippen molar-refractivity contribution in [3.8, 4) is 0 Å². The van der Waals surface area contributed by atoms with Crippen LogP contribution in [0.3, 0.4) is 0 Å². The highest BCUT2D eigenvalue weighted by atomic mass is 32.1. The number of benzene rings is 1. The molecule has 2 aromatic heterocycles. The Morgan fingerprint density at radius 1 is 1.32 bits per heavy atom. The van der Waals surface area contributed by atoms with E-state index in [2.05, 4.69) is 25.4 Å². The van der Waals surface area contributed by atoms with E-state index in [9.17, 15) is 4.79 Å². The fourth-order valence-electron chi connectivity index (χ4n) is 2.98. The maximum atomic E-state index is 12.4. The number of amides is 1. The largest absolute Gasteiger partial charge is 0.423 e. The van der Waals surface area contributed by atoms with Gasteiger partial charge in [-0.05, 0) is 31.4 Å². The molecule has 1 N–H and O–H groups in total. The molecule has 3 heterocycles. The SMILES string of the molecule is CCc1nnc(NC(=O)C2CCN(c3nc4ccccc4o3)CC2)s1. The Hall–Kier alpha value is -2.48. The Bertz CT molecular complexity index is 849. The Labute approximate surface area is 149 Å². The van der Waals surface area contributed by atoms with Crippen LogP contribution in [0.1, 0.15) is 24.8 Å². The summed E-state index contributed by atoms with van der Waals surface area (Å²) in [5.74, 6) is 0.00521. The van der Waals surface area contributed by atoms with Crippen LogP contribution in [0, 0.1) is 5.92 Å². The zero-order valence-electron chi connectivity index (χ0n) is 13.9. The van der Waals surface area contributed by atoms with Gasteiger partial charge in [-0.25, -0.2) is 0 Å². The van der Waals surface area contributed by atoms with Gasteiger partial charge >= 0.3 is 0 Å². The fourth-order valence-corrected chi connectivity index (χ4v) is 3.67. The van der Waals surface area contributed by atoms with Gasteiger partial charge in [-0.15, -0.1) is 10.2 Å². The molecular formula is C17H19N5O2S. The monoisotopic (exact) mass is 357 g/mol. The summed E-state index contributed by atoms with van der Waals surface area (Å²) in [5.41, 5.74) is 1.65. The van der Waals surface area contributed by atoms with E-state index < -0.39 is 0 Å². The van der Waals surface area contributed by atoms with E-state index in [1.165, 1.54) is 11.3 Å². The number of aryl methyl sites for hydroxylation is 1. The molecule has 0 unspecified atom stereocenters. The summed E-state index contributed by atoms with van der Waals surface area (Å²) in [6, 6.07) is 8.37. The number of oxazole rings is 1. The average Bonchev–Trinajstić information content (AvgIpc) is 3.28. The number of para-hydroxylation sites is 2. The molecule has 1 fully saturated rings. The van der Waals surface area contributed by atoms with Crippen LogP contribution in [-0.2, 0) is 11.2 Å². The average molecular weight is 357 g/mol. The molecule has 25 heavy (non-hydrogen) atoms. The first-order valence-electron chi connectivity index (χ1n) is 8.46. The smallest absolute Gasteiger partial charge is 0.298 e. The Morgan fingerprint density at radius 2 is 2.12 bits per heavy atom. The number of aromatic nitrogens is 3. The first kappa shape index (κ1) is 16.0. The molecule has 0 radical (unpaired) electrons. The number of hydrogen-bond donors (Lipinski definition) is 1. The van der Waals surface area contributed by atoms with Crippen LogP contribution >= 0.6 is 11.3 Å². The van der Waals surface area contributed by atoms with Crippen molar-refractivity contribution in [2.24, 2.45) is 5.92 Å². The van der Waals surface area contributed by atoms with Gasteiger partial charge in [-0.1, -0.05) is 30.4 Å². The van der Waals surface area contributed by atoms with Gasteiger partial charge in [0.05, 0.1) is 0 Å². The highest BCUT2D eigenvalue weighted by Crippen LogP contribution is 2.27. The summed E-state index contributed by atoms with van der Waals surface area (Å²) in [5, 5.41) is 12.4. The topological polar surface area (TPSA) is 84.2 Å².